The van der Waals surface area contributed by atoms with E-state index in [4.69, 9.17) is 19.6 Å². The molecule has 0 aliphatic carbocycles. The Labute approximate surface area is 209 Å². The zero-order chi connectivity index (χ0) is 26.4. The highest BCUT2D eigenvalue weighted by Gasteiger charge is 2.40. The lowest BCUT2D eigenvalue weighted by Gasteiger charge is -2.37. The molecule has 0 amide bonds. The third kappa shape index (κ3) is 11.1. The summed E-state index contributed by atoms with van der Waals surface area (Å²) in [5.74, 6) is -0.657. The molecule has 0 rings (SSSR count). The van der Waals surface area contributed by atoms with Crippen LogP contribution in [0.2, 0.25) is 0 Å². The van der Waals surface area contributed by atoms with Crippen LogP contribution in [-0.4, -0.2) is 23.1 Å². The van der Waals surface area contributed by atoms with Crippen LogP contribution < -0.4 is 0 Å². The maximum absolute atomic E-state index is 12.6. The van der Waals surface area contributed by atoms with E-state index in [-0.39, 0.29) is 35.6 Å². The highest BCUT2D eigenvalue weighted by atomic mass is 17.2. The Morgan fingerprint density at radius 1 is 0.647 bits per heavy atom. The SMILES string of the molecule is CCCCC(CC)C(=O)OOC(C)(CCC(C)(OOC(=O)C(CC)CCCC)C(C)C)C(C)C. The molecule has 0 heterocycles. The van der Waals surface area contributed by atoms with Crippen molar-refractivity contribution in [1.29, 1.82) is 0 Å². The first kappa shape index (κ1) is 32.9. The normalized spacial score (nSPS) is 17.2. The Balaban J connectivity index is 5.15. The van der Waals surface area contributed by atoms with E-state index in [2.05, 4.69) is 41.5 Å². The lowest BCUT2D eigenvalue weighted by Crippen LogP contribution is -2.42. The highest BCUT2D eigenvalue weighted by Crippen LogP contribution is 2.35. The molecule has 0 aromatic heterocycles. The monoisotopic (exact) mass is 486 g/mol. The van der Waals surface area contributed by atoms with Crippen molar-refractivity contribution >= 4 is 11.9 Å². The molecule has 6 heteroatoms. The van der Waals surface area contributed by atoms with Crippen molar-refractivity contribution in [2.45, 2.75) is 145 Å². The summed E-state index contributed by atoms with van der Waals surface area (Å²) in [7, 11) is 0. The van der Waals surface area contributed by atoms with Crippen LogP contribution in [0.3, 0.4) is 0 Å². The molecule has 4 unspecified atom stereocenters. The number of rotatable bonds is 19. The first-order valence-electron chi connectivity index (χ1n) is 13.7. The second-order valence-corrected chi connectivity index (χ2v) is 10.9. The van der Waals surface area contributed by atoms with Gasteiger partial charge in [0.1, 0.15) is 11.2 Å². The van der Waals surface area contributed by atoms with Gasteiger partial charge in [-0.2, -0.15) is 9.78 Å². The van der Waals surface area contributed by atoms with Gasteiger partial charge >= 0.3 is 11.9 Å². The molecular weight excluding hydrogens is 432 g/mol. The maximum atomic E-state index is 12.6. The molecule has 0 N–H and O–H groups in total. The summed E-state index contributed by atoms with van der Waals surface area (Å²) < 4.78 is 0. The quantitative estimate of drug-likeness (QED) is 0.136. The van der Waals surface area contributed by atoms with Crippen molar-refractivity contribution in [3.63, 3.8) is 0 Å². The van der Waals surface area contributed by atoms with Crippen LogP contribution in [0.1, 0.15) is 133 Å². The molecule has 0 fully saturated rings. The molecule has 0 bridgehead atoms. The molecule has 0 aliphatic rings. The van der Waals surface area contributed by atoms with E-state index in [1.54, 1.807) is 0 Å². The van der Waals surface area contributed by atoms with Gasteiger partial charge in [0, 0.05) is 0 Å². The van der Waals surface area contributed by atoms with Gasteiger partial charge in [0.15, 0.2) is 0 Å². The molecule has 0 radical (unpaired) electrons. The van der Waals surface area contributed by atoms with E-state index in [0.717, 1.165) is 51.4 Å². The van der Waals surface area contributed by atoms with Gasteiger partial charge in [-0.1, -0.05) is 81.1 Å². The molecule has 0 aromatic carbocycles. The number of unbranched alkanes of at least 4 members (excludes halogenated alkanes) is 2. The molecule has 202 valence electrons. The lowest BCUT2D eigenvalue weighted by atomic mass is 9.80. The zero-order valence-electron chi connectivity index (χ0n) is 23.8. The number of carbonyl (C=O) groups excluding carboxylic acids is 2. The van der Waals surface area contributed by atoms with Crippen molar-refractivity contribution in [3.05, 3.63) is 0 Å². The molecule has 0 spiro atoms. The fraction of sp³-hybridized carbons (Fsp3) is 0.929. The van der Waals surface area contributed by atoms with Crippen LogP contribution in [0.25, 0.3) is 0 Å². The van der Waals surface area contributed by atoms with Crippen LogP contribution >= 0.6 is 0 Å². The van der Waals surface area contributed by atoms with Crippen molar-refractivity contribution in [2.75, 3.05) is 0 Å². The Kier molecular flexibility index (Phi) is 16.0. The Morgan fingerprint density at radius 3 is 1.21 bits per heavy atom. The average Bonchev–Trinajstić information content (AvgIpc) is 2.80. The lowest BCUT2D eigenvalue weighted by molar-refractivity contribution is -0.358. The van der Waals surface area contributed by atoms with Gasteiger partial charge in [-0.3, -0.25) is 9.78 Å². The molecule has 0 saturated carbocycles. The largest absolute Gasteiger partial charge is 0.345 e. The molecule has 0 aliphatic heterocycles. The van der Waals surface area contributed by atoms with E-state index in [0.29, 0.717) is 12.8 Å². The van der Waals surface area contributed by atoms with E-state index < -0.39 is 11.2 Å². The molecular formula is C28H54O6. The van der Waals surface area contributed by atoms with E-state index in [9.17, 15) is 9.59 Å². The first-order chi connectivity index (χ1) is 15.9. The smallest absolute Gasteiger partial charge is 0.297 e. The van der Waals surface area contributed by atoms with Gasteiger partial charge in [-0.25, -0.2) is 9.59 Å². The summed E-state index contributed by atoms with van der Waals surface area (Å²) in [6, 6.07) is 0. The minimum atomic E-state index is -0.685. The minimum Gasteiger partial charge on any atom is -0.297 e. The fourth-order valence-electron chi connectivity index (χ4n) is 3.64. The summed E-state index contributed by atoms with van der Waals surface area (Å²) in [6.07, 6.45) is 8.36. The highest BCUT2D eigenvalue weighted by molar-refractivity contribution is 5.72. The zero-order valence-corrected chi connectivity index (χ0v) is 23.8. The summed E-state index contributed by atoms with van der Waals surface area (Å²) in [5.41, 5.74) is -1.37. The van der Waals surface area contributed by atoms with Crippen molar-refractivity contribution in [3.8, 4) is 0 Å². The second kappa shape index (κ2) is 16.5. The summed E-state index contributed by atoms with van der Waals surface area (Å²) in [5, 5.41) is 0. The Hall–Kier alpha value is -1.14. The van der Waals surface area contributed by atoms with Gasteiger partial charge in [0.25, 0.3) is 0 Å². The molecule has 0 aromatic rings. The minimum absolute atomic E-state index is 0.105. The van der Waals surface area contributed by atoms with Gasteiger partial charge < -0.3 is 0 Å². The molecule has 4 atom stereocenters. The van der Waals surface area contributed by atoms with Crippen LogP contribution in [0.15, 0.2) is 0 Å². The third-order valence-electron chi connectivity index (χ3n) is 7.65. The van der Waals surface area contributed by atoms with E-state index >= 15 is 0 Å². The first-order valence-corrected chi connectivity index (χ1v) is 13.7. The second-order valence-electron chi connectivity index (χ2n) is 10.9. The standard InChI is InChI=1S/C28H54O6/c1-11-15-17-23(13-3)25(29)31-33-27(9,21(5)6)19-20-28(10,22(7)8)34-32-26(30)24(14-4)18-16-12-2/h21-24H,11-20H2,1-10H3. The van der Waals surface area contributed by atoms with Crippen LogP contribution in [0, 0.1) is 23.7 Å². The predicted octanol–water partition coefficient (Wildman–Crippen LogP) is 7.98. The fourth-order valence-corrected chi connectivity index (χ4v) is 3.64. The van der Waals surface area contributed by atoms with Crippen molar-refractivity contribution < 1.29 is 29.1 Å². The topological polar surface area (TPSA) is 71.1 Å². The van der Waals surface area contributed by atoms with Gasteiger partial charge in [-0.05, 0) is 64.2 Å². The number of hydrogen-bond acceptors (Lipinski definition) is 6. The summed E-state index contributed by atoms with van der Waals surface area (Å²) in [4.78, 5) is 47.5. The Bertz CT molecular complexity index is 525. The molecule has 6 nitrogen and oxygen atoms in total. The van der Waals surface area contributed by atoms with Crippen LogP contribution in [0.4, 0.5) is 0 Å². The van der Waals surface area contributed by atoms with Gasteiger partial charge in [-0.15, -0.1) is 0 Å². The van der Waals surface area contributed by atoms with Gasteiger partial charge in [0.2, 0.25) is 0 Å². The van der Waals surface area contributed by atoms with E-state index in [1.165, 1.54) is 0 Å². The Morgan fingerprint density at radius 2 is 0.971 bits per heavy atom. The number of hydrogen-bond donors (Lipinski definition) is 0. The predicted molar refractivity (Wildman–Crippen MR) is 137 cm³/mol. The third-order valence-corrected chi connectivity index (χ3v) is 7.65. The molecule has 34 heavy (non-hydrogen) atoms. The van der Waals surface area contributed by atoms with Crippen LogP contribution in [-0.2, 0) is 29.1 Å². The van der Waals surface area contributed by atoms with Gasteiger partial charge in [0.05, 0.1) is 11.8 Å². The molecule has 0 saturated heterocycles. The van der Waals surface area contributed by atoms with Crippen LogP contribution in [0.5, 0.6) is 0 Å². The van der Waals surface area contributed by atoms with E-state index in [1.807, 2.05) is 27.7 Å². The number of carbonyl (C=O) groups is 2. The average molecular weight is 487 g/mol. The summed E-state index contributed by atoms with van der Waals surface area (Å²) >= 11 is 0. The van der Waals surface area contributed by atoms with Crippen molar-refractivity contribution in [2.24, 2.45) is 23.7 Å². The summed E-state index contributed by atoms with van der Waals surface area (Å²) in [6.45, 7) is 20.4. The van der Waals surface area contributed by atoms with Crippen molar-refractivity contribution in [1.82, 2.24) is 0 Å². The maximum Gasteiger partial charge on any atom is 0.345 e.